The number of benzene rings is 1. The summed E-state index contributed by atoms with van der Waals surface area (Å²) in [5, 5.41) is 10.7. The van der Waals surface area contributed by atoms with Gasteiger partial charge in [0, 0.05) is 31.0 Å². The fourth-order valence-corrected chi connectivity index (χ4v) is 2.65. The smallest absolute Gasteiger partial charge is 0.221 e. The zero-order valence-electron chi connectivity index (χ0n) is 14.5. The van der Waals surface area contributed by atoms with Gasteiger partial charge >= 0.3 is 0 Å². The molecule has 0 aliphatic carbocycles. The summed E-state index contributed by atoms with van der Waals surface area (Å²) in [6.07, 6.45) is 7.34. The van der Waals surface area contributed by atoms with Gasteiger partial charge in [-0.3, -0.25) is 9.78 Å². The molecule has 3 aromatic rings. The summed E-state index contributed by atoms with van der Waals surface area (Å²) in [7, 11) is 0. The van der Waals surface area contributed by atoms with Gasteiger partial charge in [0.05, 0.1) is 23.8 Å². The van der Waals surface area contributed by atoms with E-state index in [-0.39, 0.29) is 11.9 Å². The fraction of sp³-hybridized carbons (Fsp3) is 0.211. The van der Waals surface area contributed by atoms with Gasteiger partial charge in [-0.2, -0.15) is 5.10 Å². The number of aryl methyl sites for hydroxylation is 1. The third-order valence-electron chi connectivity index (χ3n) is 3.84. The van der Waals surface area contributed by atoms with Gasteiger partial charge in [0.1, 0.15) is 0 Å². The third kappa shape index (κ3) is 4.03. The number of carbonyl (C=O) groups is 1. The first-order valence-corrected chi connectivity index (χ1v) is 8.12. The van der Waals surface area contributed by atoms with Crippen molar-refractivity contribution in [3.63, 3.8) is 0 Å². The van der Waals surface area contributed by atoms with E-state index in [0.717, 1.165) is 28.2 Å². The molecule has 128 valence electrons. The Balaban J connectivity index is 1.84. The number of hydrogen-bond donors (Lipinski definition) is 2. The van der Waals surface area contributed by atoms with E-state index in [0.29, 0.717) is 0 Å². The monoisotopic (exact) mass is 335 g/mol. The summed E-state index contributed by atoms with van der Waals surface area (Å²) in [4.78, 5) is 15.5. The standard InChI is InChI=1S/C19H21N5O/c1-13-10-21-24(12-13)19-7-8-20-11-18(19)22-14(2)16-5-4-6-17(9-16)23-15(3)25/h4-12,14,22H,1-3H3,(H,23,25)/t14-/m0/s1. The predicted octanol–water partition coefficient (Wildman–Crippen LogP) is 3.71. The van der Waals surface area contributed by atoms with E-state index in [2.05, 4.69) is 27.6 Å². The molecule has 0 unspecified atom stereocenters. The molecule has 0 bridgehead atoms. The van der Waals surface area contributed by atoms with Crippen molar-refractivity contribution in [3.05, 3.63) is 66.2 Å². The Morgan fingerprint density at radius 1 is 1.24 bits per heavy atom. The van der Waals surface area contributed by atoms with Crippen molar-refractivity contribution >= 4 is 17.3 Å². The van der Waals surface area contributed by atoms with Crippen LogP contribution in [-0.4, -0.2) is 20.7 Å². The van der Waals surface area contributed by atoms with Crippen LogP contribution in [0.1, 0.15) is 31.0 Å². The van der Waals surface area contributed by atoms with Gasteiger partial charge in [0.15, 0.2) is 0 Å². The number of rotatable bonds is 5. The van der Waals surface area contributed by atoms with Crippen LogP contribution in [0.3, 0.4) is 0 Å². The van der Waals surface area contributed by atoms with Crippen LogP contribution >= 0.6 is 0 Å². The zero-order valence-corrected chi connectivity index (χ0v) is 14.5. The van der Waals surface area contributed by atoms with E-state index in [1.54, 1.807) is 12.4 Å². The highest BCUT2D eigenvalue weighted by Crippen LogP contribution is 2.25. The molecule has 0 aliphatic rings. The van der Waals surface area contributed by atoms with E-state index in [9.17, 15) is 4.79 Å². The lowest BCUT2D eigenvalue weighted by Crippen LogP contribution is -2.11. The molecule has 0 saturated heterocycles. The molecule has 3 rings (SSSR count). The zero-order chi connectivity index (χ0) is 17.8. The Labute approximate surface area is 146 Å². The van der Waals surface area contributed by atoms with E-state index >= 15 is 0 Å². The van der Waals surface area contributed by atoms with Crippen molar-refractivity contribution in [3.8, 4) is 5.69 Å². The number of amides is 1. The highest BCUT2D eigenvalue weighted by atomic mass is 16.1. The molecule has 6 heteroatoms. The first-order valence-electron chi connectivity index (χ1n) is 8.12. The molecule has 1 aromatic carbocycles. The van der Waals surface area contributed by atoms with Gasteiger partial charge < -0.3 is 10.6 Å². The summed E-state index contributed by atoms with van der Waals surface area (Å²) < 4.78 is 1.83. The Morgan fingerprint density at radius 3 is 2.80 bits per heavy atom. The number of anilines is 2. The van der Waals surface area contributed by atoms with Crippen LogP contribution in [0.25, 0.3) is 5.69 Å². The number of nitrogens with one attached hydrogen (secondary N) is 2. The van der Waals surface area contributed by atoms with Crippen molar-refractivity contribution < 1.29 is 4.79 Å². The number of carbonyl (C=O) groups excluding carboxylic acids is 1. The van der Waals surface area contributed by atoms with E-state index in [1.165, 1.54) is 6.92 Å². The van der Waals surface area contributed by atoms with Crippen LogP contribution in [0.15, 0.2) is 55.1 Å². The summed E-state index contributed by atoms with van der Waals surface area (Å²) in [6.45, 7) is 5.58. The van der Waals surface area contributed by atoms with Gasteiger partial charge in [-0.1, -0.05) is 12.1 Å². The van der Waals surface area contributed by atoms with E-state index < -0.39 is 0 Å². The Morgan fingerprint density at radius 2 is 2.08 bits per heavy atom. The summed E-state index contributed by atoms with van der Waals surface area (Å²) in [6, 6.07) is 9.76. The summed E-state index contributed by atoms with van der Waals surface area (Å²) in [5.74, 6) is -0.0821. The molecule has 25 heavy (non-hydrogen) atoms. The summed E-state index contributed by atoms with van der Waals surface area (Å²) >= 11 is 0. The van der Waals surface area contributed by atoms with Crippen molar-refractivity contribution in [1.29, 1.82) is 0 Å². The maximum Gasteiger partial charge on any atom is 0.221 e. The van der Waals surface area contributed by atoms with Gasteiger partial charge in [0.2, 0.25) is 5.91 Å². The average molecular weight is 335 g/mol. The molecule has 0 spiro atoms. The molecule has 1 atom stereocenters. The molecule has 0 radical (unpaired) electrons. The normalized spacial score (nSPS) is 11.8. The third-order valence-corrected chi connectivity index (χ3v) is 3.84. The van der Waals surface area contributed by atoms with Gasteiger partial charge in [-0.25, -0.2) is 4.68 Å². The molecular weight excluding hydrogens is 314 g/mol. The van der Waals surface area contributed by atoms with Crippen LogP contribution in [0.5, 0.6) is 0 Å². The molecular formula is C19H21N5O. The van der Waals surface area contributed by atoms with Crippen molar-refractivity contribution in [2.45, 2.75) is 26.8 Å². The molecule has 6 nitrogen and oxygen atoms in total. The highest BCUT2D eigenvalue weighted by molar-refractivity contribution is 5.88. The molecule has 2 aromatic heterocycles. The van der Waals surface area contributed by atoms with Gasteiger partial charge in [0.25, 0.3) is 0 Å². The Kier molecular flexibility index (Phi) is 4.79. The molecule has 2 heterocycles. The minimum Gasteiger partial charge on any atom is -0.376 e. The maximum absolute atomic E-state index is 11.2. The van der Waals surface area contributed by atoms with Crippen molar-refractivity contribution in [2.24, 2.45) is 0 Å². The topological polar surface area (TPSA) is 71.8 Å². The first-order chi connectivity index (χ1) is 12.0. The van der Waals surface area contributed by atoms with Gasteiger partial charge in [-0.05, 0) is 43.2 Å². The maximum atomic E-state index is 11.2. The number of nitrogens with zero attached hydrogens (tertiary/aromatic N) is 3. The Hall–Kier alpha value is -3.15. The minimum atomic E-state index is -0.0821. The second kappa shape index (κ2) is 7.17. The highest BCUT2D eigenvalue weighted by Gasteiger charge is 2.11. The Bertz CT molecular complexity index is 887. The second-order valence-electron chi connectivity index (χ2n) is 6.03. The van der Waals surface area contributed by atoms with E-state index in [4.69, 9.17) is 0 Å². The van der Waals surface area contributed by atoms with Crippen LogP contribution in [0, 0.1) is 6.92 Å². The van der Waals surface area contributed by atoms with Crippen molar-refractivity contribution in [1.82, 2.24) is 14.8 Å². The molecule has 0 aliphatic heterocycles. The van der Waals surface area contributed by atoms with Crippen LogP contribution in [0.2, 0.25) is 0 Å². The average Bonchev–Trinajstić information content (AvgIpc) is 3.01. The number of aromatic nitrogens is 3. The number of hydrogen-bond acceptors (Lipinski definition) is 4. The predicted molar refractivity (Wildman–Crippen MR) is 98.9 cm³/mol. The van der Waals surface area contributed by atoms with Crippen LogP contribution in [-0.2, 0) is 4.79 Å². The largest absolute Gasteiger partial charge is 0.376 e. The fourth-order valence-electron chi connectivity index (χ4n) is 2.65. The molecule has 1 amide bonds. The lowest BCUT2D eigenvalue weighted by molar-refractivity contribution is -0.114. The minimum absolute atomic E-state index is 0.0355. The summed E-state index contributed by atoms with van der Waals surface area (Å²) in [5.41, 5.74) is 4.78. The van der Waals surface area contributed by atoms with Crippen molar-refractivity contribution in [2.75, 3.05) is 10.6 Å². The van der Waals surface area contributed by atoms with Gasteiger partial charge in [-0.15, -0.1) is 0 Å². The molecule has 0 fully saturated rings. The number of pyridine rings is 1. The van der Waals surface area contributed by atoms with Crippen LogP contribution in [0.4, 0.5) is 11.4 Å². The second-order valence-corrected chi connectivity index (χ2v) is 6.03. The lowest BCUT2D eigenvalue weighted by Gasteiger charge is -2.19. The lowest BCUT2D eigenvalue weighted by atomic mass is 10.1. The molecule has 0 saturated carbocycles. The quantitative estimate of drug-likeness (QED) is 0.745. The van der Waals surface area contributed by atoms with Crippen LogP contribution < -0.4 is 10.6 Å². The molecule has 2 N–H and O–H groups in total. The van der Waals surface area contributed by atoms with E-state index in [1.807, 2.05) is 54.3 Å². The first kappa shape index (κ1) is 16.7. The SMILES string of the molecule is CC(=O)Nc1cccc([C@H](C)Nc2cnccc2-n2cc(C)cn2)c1.